The highest BCUT2D eigenvalue weighted by Gasteiger charge is 2.17. The number of halogens is 1. The molecule has 0 aliphatic carbocycles. The van der Waals surface area contributed by atoms with Crippen molar-refractivity contribution in [2.24, 2.45) is 0 Å². The minimum atomic E-state index is 0.0274. The van der Waals surface area contributed by atoms with Crippen LogP contribution < -0.4 is 5.73 Å². The zero-order chi connectivity index (χ0) is 12.6. The lowest BCUT2D eigenvalue weighted by Gasteiger charge is -2.00. The van der Waals surface area contributed by atoms with Crippen LogP contribution in [0.4, 0.5) is 5.00 Å². The summed E-state index contributed by atoms with van der Waals surface area (Å²) in [7, 11) is 0. The SMILES string of the molecule is CC(=O)c1c(N)sc(-c2ccc(Br)cc2)c1C. The number of hydrogen-bond donors (Lipinski definition) is 1. The van der Waals surface area contributed by atoms with Gasteiger partial charge in [-0.05, 0) is 37.1 Å². The van der Waals surface area contributed by atoms with Crippen LogP contribution in [-0.4, -0.2) is 5.78 Å². The molecule has 2 aromatic rings. The molecule has 0 atom stereocenters. The number of carbonyl (C=O) groups excluding carboxylic acids is 1. The Morgan fingerprint density at radius 1 is 1.29 bits per heavy atom. The molecule has 17 heavy (non-hydrogen) atoms. The third kappa shape index (κ3) is 2.28. The highest BCUT2D eigenvalue weighted by molar-refractivity contribution is 9.10. The molecule has 2 nitrogen and oxygen atoms in total. The summed E-state index contributed by atoms with van der Waals surface area (Å²) in [6, 6.07) is 8.01. The van der Waals surface area contributed by atoms with E-state index in [9.17, 15) is 4.79 Å². The van der Waals surface area contributed by atoms with Gasteiger partial charge in [0.2, 0.25) is 0 Å². The van der Waals surface area contributed by atoms with Crippen LogP contribution in [0.25, 0.3) is 10.4 Å². The van der Waals surface area contributed by atoms with Crippen LogP contribution in [0.1, 0.15) is 22.8 Å². The maximum Gasteiger partial charge on any atom is 0.163 e. The van der Waals surface area contributed by atoms with Crippen LogP contribution in [0.2, 0.25) is 0 Å². The molecule has 2 N–H and O–H groups in total. The fourth-order valence-electron chi connectivity index (χ4n) is 1.85. The summed E-state index contributed by atoms with van der Waals surface area (Å²) in [5.41, 5.74) is 8.63. The Balaban J connectivity index is 2.57. The van der Waals surface area contributed by atoms with Crippen LogP contribution >= 0.6 is 27.3 Å². The highest BCUT2D eigenvalue weighted by Crippen LogP contribution is 2.38. The van der Waals surface area contributed by atoms with E-state index >= 15 is 0 Å². The number of benzene rings is 1. The summed E-state index contributed by atoms with van der Waals surface area (Å²) in [5.74, 6) is 0.0274. The molecule has 1 aromatic carbocycles. The van der Waals surface area contributed by atoms with E-state index in [0.29, 0.717) is 10.6 Å². The third-order valence-electron chi connectivity index (χ3n) is 2.63. The summed E-state index contributed by atoms with van der Waals surface area (Å²) in [6.07, 6.45) is 0. The zero-order valence-corrected chi connectivity index (χ0v) is 12.0. The highest BCUT2D eigenvalue weighted by atomic mass is 79.9. The van der Waals surface area contributed by atoms with Crippen LogP contribution in [0, 0.1) is 6.92 Å². The lowest BCUT2D eigenvalue weighted by molar-refractivity contribution is 0.101. The summed E-state index contributed by atoms with van der Waals surface area (Å²) in [5, 5.41) is 0.605. The number of rotatable bonds is 2. The Morgan fingerprint density at radius 2 is 1.88 bits per heavy atom. The minimum absolute atomic E-state index is 0.0274. The van der Waals surface area contributed by atoms with Crippen molar-refractivity contribution in [1.29, 1.82) is 0 Å². The largest absolute Gasteiger partial charge is 0.390 e. The first kappa shape index (κ1) is 12.3. The van der Waals surface area contributed by atoms with Gasteiger partial charge in [0.25, 0.3) is 0 Å². The zero-order valence-electron chi connectivity index (χ0n) is 9.58. The Labute approximate surface area is 113 Å². The van der Waals surface area contributed by atoms with Crippen LogP contribution in [-0.2, 0) is 0 Å². The van der Waals surface area contributed by atoms with Gasteiger partial charge in [0.15, 0.2) is 5.78 Å². The van der Waals surface area contributed by atoms with Gasteiger partial charge in [-0.25, -0.2) is 0 Å². The van der Waals surface area contributed by atoms with Crippen molar-refractivity contribution in [2.45, 2.75) is 13.8 Å². The normalized spacial score (nSPS) is 10.5. The van der Waals surface area contributed by atoms with Crippen molar-refractivity contribution in [2.75, 3.05) is 5.73 Å². The van der Waals surface area contributed by atoms with Gasteiger partial charge in [0.05, 0.1) is 10.6 Å². The Kier molecular flexibility index (Phi) is 3.35. The van der Waals surface area contributed by atoms with E-state index in [0.717, 1.165) is 20.5 Å². The van der Waals surface area contributed by atoms with E-state index < -0.39 is 0 Å². The maximum atomic E-state index is 11.5. The molecular weight excluding hydrogens is 298 g/mol. The Hall–Kier alpha value is -1.13. The van der Waals surface area contributed by atoms with E-state index in [1.54, 1.807) is 6.92 Å². The molecule has 4 heteroatoms. The number of anilines is 1. The minimum Gasteiger partial charge on any atom is -0.390 e. The van der Waals surface area contributed by atoms with Crippen molar-refractivity contribution in [1.82, 2.24) is 0 Å². The summed E-state index contributed by atoms with van der Waals surface area (Å²) in [6.45, 7) is 3.50. The molecule has 0 fully saturated rings. The van der Waals surface area contributed by atoms with E-state index in [2.05, 4.69) is 15.9 Å². The second-order valence-electron chi connectivity index (χ2n) is 3.86. The van der Waals surface area contributed by atoms with E-state index in [-0.39, 0.29) is 5.78 Å². The fourth-order valence-corrected chi connectivity index (χ4v) is 3.24. The van der Waals surface area contributed by atoms with Crippen molar-refractivity contribution in [3.05, 3.63) is 39.9 Å². The molecule has 0 unspecified atom stereocenters. The standard InChI is InChI=1S/C13H12BrNOS/c1-7-11(8(2)16)13(15)17-12(7)9-3-5-10(14)6-4-9/h3-6H,15H2,1-2H3. The monoisotopic (exact) mass is 309 g/mol. The molecule has 2 rings (SSSR count). The van der Waals surface area contributed by atoms with Crippen molar-refractivity contribution in [3.8, 4) is 10.4 Å². The number of thiophene rings is 1. The molecule has 0 aliphatic rings. The van der Waals surface area contributed by atoms with E-state index in [1.807, 2.05) is 31.2 Å². The quantitative estimate of drug-likeness (QED) is 0.842. The molecule has 1 heterocycles. The second kappa shape index (κ2) is 4.63. The number of carbonyl (C=O) groups is 1. The molecule has 0 radical (unpaired) electrons. The number of nitrogens with two attached hydrogens (primary N) is 1. The average Bonchev–Trinajstić information content (AvgIpc) is 2.55. The Morgan fingerprint density at radius 3 is 2.35 bits per heavy atom. The van der Waals surface area contributed by atoms with E-state index in [4.69, 9.17) is 5.73 Å². The van der Waals surface area contributed by atoms with Gasteiger partial charge < -0.3 is 5.73 Å². The van der Waals surface area contributed by atoms with Crippen molar-refractivity contribution < 1.29 is 4.79 Å². The fraction of sp³-hybridized carbons (Fsp3) is 0.154. The first-order chi connectivity index (χ1) is 8.00. The molecule has 0 aliphatic heterocycles. The van der Waals surface area contributed by atoms with Gasteiger partial charge in [-0.3, -0.25) is 4.79 Å². The Bertz CT molecular complexity index is 572. The second-order valence-corrected chi connectivity index (χ2v) is 5.83. The smallest absolute Gasteiger partial charge is 0.163 e. The number of hydrogen-bond acceptors (Lipinski definition) is 3. The third-order valence-corrected chi connectivity index (χ3v) is 4.33. The topological polar surface area (TPSA) is 43.1 Å². The van der Waals surface area contributed by atoms with Gasteiger partial charge >= 0.3 is 0 Å². The van der Waals surface area contributed by atoms with Gasteiger partial charge in [-0.1, -0.05) is 28.1 Å². The molecule has 1 aromatic heterocycles. The summed E-state index contributed by atoms with van der Waals surface area (Å²) < 4.78 is 1.04. The number of nitrogen functional groups attached to an aromatic ring is 1. The predicted molar refractivity (Wildman–Crippen MR) is 76.6 cm³/mol. The molecule has 0 bridgehead atoms. The first-order valence-electron chi connectivity index (χ1n) is 5.16. The molecule has 88 valence electrons. The van der Waals surface area contributed by atoms with Gasteiger partial charge in [-0.15, -0.1) is 11.3 Å². The molecule has 0 saturated carbocycles. The van der Waals surface area contributed by atoms with Crippen LogP contribution in [0.15, 0.2) is 28.7 Å². The van der Waals surface area contributed by atoms with Gasteiger partial charge in [-0.2, -0.15) is 0 Å². The molecule has 0 amide bonds. The van der Waals surface area contributed by atoms with E-state index in [1.165, 1.54) is 11.3 Å². The lowest BCUT2D eigenvalue weighted by atomic mass is 10.0. The predicted octanol–water partition coefficient (Wildman–Crippen LogP) is 4.27. The van der Waals surface area contributed by atoms with Crippen LogP contribution in [0.3, 0.4) is 0 Å². The summed E-state index contributed by atoms with van der Waals surface area (Å²) in [4.78, 5) is 12.6. The number of Topliss-reactive ketones (excluding diaryl/α,β-unsaturated/α-hetero) is 1. The lowest BCUT2D eigenvalue weighted by Crippen LogP contribution is -1.97. The molecule has 0 saturated heterocycles. The average molecular weight is 310 g/mol. The van der Waals surface area contributed by atoms with Crippen molar-refractivity contribution in [3.63, 3.8) is 0 Å². The molecular formula is C13H12BrNOS. The van der Waals surface area contributed by atoms with Crippen LogP contribution in [0.5, 0.6) is 0 Å². The van der Waals surface area contributed by atoms with Crippen molar-refractivity contribution >= 4 is 38.1 Å². The van der Waals surface area contributed by atoms with Gasteiger partial charge in [0.1, 0.15) is 0 Å². The number of ketones is 1. The van der Waals surface area contributed by atoms with Gasteiger partial charge in [0, 0.05) is 9.35 Å². The first-order valence-corrected chi connectivity index (χ1v) is 6.77. The molecule has 0 spiro atoms. The summed E-state index contributed by atoms with van der Waals surface area (Å²) >= 11 is 4.87. The maximum absolute atomic E-state index is 11.5.